The minimum Gasteiger partial charge on any atom is -0.477 e. The van der Waals surface area contributed by atoms with Crippen molar-refractivity contribution in [1.29, 1.82) is 0 Å². The lowest BCUT2D eigenvalue weighted by Crippen LogP contribution is -2.13. The summed E-state index contributed by atoms with van der Waals surface area (Å²) >= 11 is 5.85. The second-order valence-corrected chi connectivity index (χ2v) is 4.08. The topological polar surface area (TPSA) is 108 Å². The van der Waals surface area contributed by atoms with E-state index in [2.05, 4.69) is 20.5 Å². The van der Waals surface area contributed by atoms with Crippen molar-refractivity contribution >= 4 is 29.3 Å². The van der Waals surface area contributed by atoms with E-state index in [0.29, 0.717) is 5.69 Å². The van der Waals surface area contributed by atoms with Gasteiger partial charge in [-0.2, -0.15) is 5.10 Å². The second-order valence-electron chi connectivity index (χ2n) is 3.72. The molecule has 0 radical (unpaired) electrons. The summed E-state index contributed by atoms with van der Waals surface area (Å²) in [6.07, 6.45) is 0. The van der Waals surface area contributed by atoms with Crippen molar-refractivity contribution in [1.82, 2.24) is 15.2 Å². The molecule has 0 spiro atoms. The molecule has 0 aliphatic rings. The van der Waals surface area contributed by atoms with Crippen LogP contribution in [0.1, 0.15) is 26.5 Å². The van der Waals surface area contributed by atoms with Crippen molar-refractivity contribution in [3.05, 3.63) is 40.3 Å². The number of pyridine rings is 1. The molecule has 0 unspecified atom stereocenters. The zero-order valence-corrected chi connectivity index (χ0v) is 10.5. The van der Waals surface area contributed by atoms with E-state index >= 15 is 0 Å². The van der Waals surface area contributed by atoms with Crippen LogP contribution in [0.3, 0.4) is 0 Å². The van der Waals surface area contributed by atoms with Crippen molar-refractivity contribution in [3.63, 3.8) is 0 Å². The fourth-order valence-corrected chi connectivity index (χ4v) is 1.66. The number of hydrogen-bond donors (Lipinski definition) is 3. The molecule has 2 rings (SSSR count). The van der Waals surface area contributed by atoms with Gasteiger partial charge in [0.2, 0.25) is 0 Å². The third-order valence-electron chi connectivity index (χ3n) is 2.28. The molecule has 8 heteroatoms. The third-order valence-corrected chi connectivity index (χ3v) is 2.57. The molecule has 3 N–H and O–H groups in total. The lowest BCUT2D eigenvalue weighted by atomic mass is 10.2. The Morgan fingerprint density at radius 2 is 2.16 bits per heavy atom. The van der Waals surface area contributed by atoms with Gasteiger partial charge in [-0.25, -0.2) is 9.78 Å². The fraction of sp³-hybridized carbons (Fsp3) is 0.0909. The maximum Gasteiger partial charge on any atom is 0.353 e. The van der Waals surface area contributed by atoms with Crippen LogP contribution < -0.4 is 5.32 Å². The van der Waals surface area contributed by atoms with E-state index in [1.54, 1.807) is 13.0 Å². The molecule has 0 bridgehead atoms. The number of halogens is 1. The Morgan fingerprint density at radius 3 is 2.74 bits per heavy atom. The Bertz CT molecular complexity index is 653. The molecule has 0 saturated carbocycles. The zero-order valence-electron chi connectivity index (χ0n) is 9.77. The number of rotatable bonds is 3. The Balaban J connectivity index is 2.18. The smallest absolute Gasteiger partial charge is 0.353 e. The molecule has 2 heterocycles. The zero-order chi connectivity index (χ0) is 14.0. The van der Waals surface area contributed by atoms with Gasteiger partial charge >= 0.3 is 5.97 Å². The van der Waals surface area contributed by atoms with E-state index in [1.165, 1.54) is 12.1 Å². The normalized spacial score (nSPS) is 10.2. The molecule has 0 aliphatic heterocycles. The number of hydrogen-bond acceptors (Lipinski definition) is 4. The molecular formula is C11H9ClN4O3. The quantitative estimate of drug-likeness (QED) is 0.742. The minimum atomic E-state index is -1.16. The van der Waals surface area contributed by atoms with Crippen LogP contribution in [0.2, 0.25) is 5.15 Å². The molecule has 19 heavy (non-hydrogen) atoms. The molecule has 0 saturated heterocycles. The highest BCUT2D eigenvalue weighted by atomic mass is 35.5. The highest BCUT2D eigenvalue weighted by Crippen LogP contribution is 2.15. The number of anilines is 1. The van der Waals surface area contributed by atoms with Crippen LogP contribution in [0, 0.1) is 6.92 Å². The predicted octanol–water partition coefficient (Wildman–Crippen LogP) is 1.72. The molecule has 0 fully saturated rings. The van der Waals surface area contributed by atoms with Crippen molar-refractivity contribution in [2.75, 3.05) is 5.32 Å². The highest BCUT2D eigenvalue weighted by Gasteiger charge is 2.14. The van der Waals surface area contributed by atoms with Gasteiger partial charge in [-0.3, -0.25) is 9.89 Å². The fourth-order valence-electron chi connectivity index (χ4n) is 1.37. The van der Waals surface area contributed by atoms with Gasteiger partial charge in [-0.15, -0.1) is 0 Å². The van der Waals surface area contributed by atoms with Crippen molar-refractivity contribution in [3.8, 4) is 0 Å². The maximum atomic E-state index is 11.9. The largest absolute Gasteiger partial charge is 0.477 e. The number of carboxylic acids is 1. The average molecular weight is 281 g/mol. The van der Waals surface area contributed by atoms with E-state index in [-0.39, 0.29) is 22.2 Å². The Labute approximate surface area is 112 Å². The van der Waals surface area contributed by atoms with Crippen molar-refractivity contribution < 1.29 is 14.7 Å². The van der Waals surface area contributed by atoms with E-state index in [0.717, 1.165) is 0 Å². The lowest BCUT2D eigenvalue weighted by Gasteiger charge is -2.03. The first-order chi connectivity index (χ1) is 8.97. The third kappa shape index (κ3) is 2.89. The number of nitrogens with zero attached hydrogens (tertiary/aromatic N) is 2. The number of H-pyrrole nitrogens is 1. The number of aromatic nitrogens is 3. The number of amides is 1. The summed E-state index contributed by atoms with van der Waals surface area (Å²) in [6.45, 7) is 1.75. The highest BCUT2D eigenvalue weighted by molar-refractivity contribution is 6.33. The molecule has 0 atom stereocenters. The average Bonchev–Trinajstić information content (AvgIpc) is 2.77. The number of aromatic carboxylic acids is 1. The minimum absolute atomic E-state index is 0.0755. The first-order valence-corrected chi connectivity index (χ1v) is 5.58. The Morgan fingerprint density at radius 1 is 1.42 bits per heavy atom. The van der Waals surface area contributed by atoms with E-state index in [1.807, 2.05) is 0 Å². The predicted molar refractivity (Wildman–Crippen MR) is 67.5 cm³/mol. The van der Waals surface area contributed by atoms with Crippen molar-refractivity contribution in [2.45, 2.75) is 6.92 Å². The van der Waals surface area contributed by atoms with Crippen LogP contribution >= 0.6 is 11.6 Å². The van der Waals surface area contributed by atoms with E-state index in [4.69, 9.17) is 16.7 Å². The van der Waals surface area contributed by atoms with Crippen LogP contribution in [-0.2, 0) is 0 Å². The molecule has 2 aromatic rings. The number of aromatic amines is 1. The Hall–Kier alpha value is -2.41. The number of aryl methyl sites for hydroxylation is 1. The first kappa shape index (κ1) is 13.0. The summed E-state index contributed by atoms with van der Waals surface area (Å²) in [6, 6.07) is 4.38. The van der Waals surface area contributed by atoms with Crippen LogP contribution in [0.4, 0.5) is 5.82 Å². The number of nitrogens with one attached hydrogen (secondary N) is 2. The maximum absolute atomic E-state index is 11.9. The summed E-state index contributed by atoms with van der Waals surface area (Å²) < 4.78 is 0. The van der Waals surface area contributed by atoms with Gasteiger partial charge in [-0.05, 0) is 19.1 Å². The molecular weight excluding hydrogens is 272 g/mol. The molecule has 1 amide bonds. The molecule has 0 aromatic carbocycles. The van der Waals surface area contributed by atoms with E-state index in [9.17, 15) is 9.59 Å². The van der Waals surface area contributed by atoms with Gasteiger partial charge in [0.05, 0.1) is 5.56 Å². The van der Waals surface area contributed by atoms with Gasteiger partial charge in [0.15, 0.2) is 5.82 Å². The van der Waals surface area contributed by atoms with Crippen LogP contribution in [0.15, 0.2) is 18.2 Å². The number of carbonyl (C=O) groups excluding carboxylic acids is 1. The number of carbonyl (C=O) groups is 2. The van der Waals surface area contributed by atoms with Crippen molar-refractivity contribution in [2.24, 2.45) is 0 Å². The second kappa shape index (κ2) is 5.07. The summed E-state index contributed by atoms with van der Waals surface area (Å²) in [4.78, 5) is 26.5. The van der Waals surface area contributed by atoms with Crippen LogP contribution in [-0.4, -0.2) is 32.2 Å². The standard InChI is InChI=1S/C11H9ClN4O3/c1-5-2-3-6(9(12)13-5)10(17)14-8-4-7(11(18)19)15-16-8/h2-4H,1H3,(H,18,19)(H2,14,15,16,17). The molecule has 2 aromatic heterocycles. The Kier molecular flexibility index (Phi) is 3.48. The number of carboxylic acid groups (broad SMARTS) is 1. The van der Waals surface area contributed by atoms with Gasteiger partial charge in [-0.1, -0.05) is 11.6 Å². The molecule has 7 nitrogen and oxygen atoms in total. The summed E-state index contributed by atoms with van der Waals surface area (Å²) in [5, 5.41) is 17.1. The molecule has 0 aliphatic carbocycles. The van der Waals surface area contributed by atoms with Crippen LogP contribution in [0.25, 0.3) is 0 Å². The monoisotopic (exact) mass is 280 g/mol. The first-order valence-electron chi connectivity index (χ1n) is 5.20. The van der Waals surface area contributed by atoms with E-state index < -0.39 is 11.9 Å². The van der Waals surface area contributed by atoms with Gasteiger partial charge in [0.25, 0.3) is 5.91 Å². The van der Waals surface area contributed by atoms with Gasteiger partial charge in [0, 0.05) is 11.8 Å². The summed E-state index contributed by atoms with van der Waals surface area (Å²) in [5.41, 5.74) is 0.755. The van der Waals surface area contributed by atoms with Crippen LogP contribution in [0.5, 0.6) is 0 Å². The SMILES string of the molecule is Cc1ccc(C(=O)Nc2cc(C(=O)O)[nH]n2)c(Cl)n1. The molecule has 98 valence electrons. The summed E-state index contributed by atoms with van der Waals surface area (Å²) in [7, 11) is 0. The van der Waals surface area contributed by atoms with Gasteiger partial charge in [0.1, 0.15) is 10.8 Å². The lowest BCUT2D eigenvalue weighted by molar-refractivity contribution is 0.0690. The summed E-state index contributed by atoms with van der Waals surface area (Å²) in [5.74, 6) is -1.58. The van der Waals surface area contributed by atoms with Gasteiger partial charge < -0.3 is 10.4 Å².